The molecule has 1 fully saturated rings. The summed E-state index contributed by atoms with van der Waals surface area (Å²) in [5, 5.41) is 13.3. The highest BCUT2D eigenvalue weighted by atomic mass is 16.7. The molecule has 1 aliphatic rings. The van der Waals surface area contributed by atoms with E-state index in [4.69, 9.17) is 5.11 Å². The van der Waals surface area contributed by atoms with Gasteiger partial charge in [0.05, 0.1) is 0 Å². The highest BCUT2D eigenvalue weighted by Gasteiger charge is 2.22. The van der Waals surface area contributed by atoms with Crippen LogP contribution in [0.4, 0.5) is 4.79 Å². The number of carboxylic acid groups (broad SMARTS) is 1. The Balaban J connectivity index is 1.95. The number of carboxylic acids is 1. The number of carbonyl (C=O) groups is 3. The largest absolute Gasteiger partial charge is 0.479 e. The molecule has 0 aromatic rings. The number of hydrogen-bond donors (Lipinski definition) is 4. The third-order valence-electron chi connectivity index (χ3n) is 1.94. The molecule has 0 bridgehead atoms. The quantitative estimate of drug-likeness (QED) is 0.428. The maximum absolute atomic E-state index is 11.2. The van der Waals surface area contributed by atoms with Crippen molar-refractivity contribution in [2.75, 3.05) is 13.2 Å². The molecule has 8 nitrogen and oxygen atoms in total. The fourth-order valence-corrected chi connectivity index (χ4v) is 1.02. The SMILES string of the molecule is O=C(O)CONC(=O)NCCC(=O)NC1CC1. The van der Waals surface area contributed by atoms with E-state index in [0.717, 1.165) is 12.8 Å². The summed E-state index contributed by atoms with van der Waals surface area (Å²) in [6.07, 6.45) is 2.22. The molecule has 3 amide bonds. The summed E-state index contributed by atoms with van der Waals surface area (Å²) in [4.78, 5) is 36.5. The maximum atomic E-state index is 11.2. The van der Waals surface area contributed by atoms with Crippen LogP contribution < -0.4 is 16.1 Å². The average Bonchev–Trinajstić information content (AvgIpc) is 3.01. The molecule has 96 valence electrons. The van der Waals surface area contributed by atoms with Gasteiger partial charge in [0, 0.05) is 19.0 Å². The highest BCUT2D eigenvalue weighted by molar-refractivity contribution is 5.78. The molecular formula is C9H15N3O5. The van der Waals surface area contributed by atoms with Gasteiger partial charge >= 0.3 is 12.0 Å². The van der Waals surface area contributed by atoms with Crippen LogP contribution >= 0.6 is 0 Å². The molecule has 1 aliphatic carbocycles. The predicted molar refractivity (Wildman–Crippen MR) is 55.9 cm³/mol. The summed E-state index contributed by atoms with van der Waals surface area (Å²) >= 11 is 0. The first kappa shape index (κ1) is 13.2. The number of nitrogens with one attached hydrogen (secondary N) is 3. The Labute approximate surface area is 97.6 Å². The third kappa shape index (κ3) is 7.12. The van der Waals surface area contributed by atoms with Gasteiger partial charge in [0.15, 0.2) is 6.61 Å². The Morgan fingerprint density at radius 1 is 1.29 bits per heavy atom. The lowest BCUT2D eigenvalue weighted by Gasteiger charge is -2.06. The van der Waals surface area contributed by atoms with Crippen LogP contribution in [0, 0.1) is 0 Å². The van der Waals surface area contributed by atoms with E-state index < -0.39 is 18.6 Å². The lowest BCUT2D eigenvalue weighted by molar-refractivity contribution is -0.144. The van der Waals surface area contributed by atoms with E-state index in [1.165, 1.54) is 0 Å². The molecule has 1 rings (SSSR count). The van der Waals surface area contributed by atoms with Gasteiger partial charge in [-0.3, -0.25) is 9.63 Å². The number of carbonyl (C=O) groups excluding carboxylic acids is 2. The summed E-state index contributed by atoms with van der Waals surface area (Å²) in [7, 11) is 0. The van der Waals surface area contributed by atoms with Crippen LogP contribution in [0.2, 0.25) is 0 Å². The Kier molecular flexibility index (Phi) is 5.21. The molecule has 0 atom stereocenters. The van der Waals surface area contributed by atoms with E-state index in [2.05, 4.69) is 15.5 Å². The normalized spacial score (nSPS) is 13.9. The molecule has 1 saturated carbocycles. The van der Waals surface area contributed by atoms with Crippen LogP contribution in [-0.2, 0) is 14.4 Å². The van der Waals surface area contributed by atoms with Crippen LogP contribution in [0.1, 0.15) is 19.3 Å². The van der Waals surface area contributed by atoms with Crippen LogP contribution in [0.5, 0.6) is 0 Å². The molecule has 0 heterocycles. The van der Waals surface area contributed by atoms with Crippen molar-refractivity contribution in [3.63, 3.8) is 0 Å². The van der Waals surface area contributed by atoms with Gasteiger partial charge in [0.2, 0.25) is 5.91 Å². The first-order valence-electron chi connectivity index (χ1n) is 5.24. The topological polar surface area (TPSA) is 117 Å². The number of hydrogen-bond acceptors (Lipinski definition) is 4. The third-order valence-corrected chi connectivity index (χ3v) is 1.94. The summed E-state index contributed by atoms with van der Waals surface area (Å²) < 4.78 is 0. The Morgan fingerprint density at radius 3 is 2.59 bits per heavy atom. The van der Waals surface area contributed by atoms with Gasteiger partial charge < -0.3 is 15.7 Å². The molecule has 0 spiro atoms. The Morgan fingerprint density at radius 2 is 2.00 bits per heavy atom. The summed E-state index contributed by atoms with van der Waals surface area (Å²) in [6.45, 7) is -0.448. The van der Waals surface area contributed by atoms with Gasteiger partial charge in [-0.2, -0.15) is 0 Å². The van der Waals surface area contributed by atoms with Crippen molar-refractivity contribution in [2.45, 2.75) is 25.3 Å². The van der Waals surface area contributed by atoms with Crippen LogP contribution in [-0.4, -0.2) is 42.2 Å². The van der Waals surface area contributed by atoms with Crippen molar-refractivity contribution in [3.8, 4) is 0 Å². The molecule has 0 aromatic carbocycles. The molecule has 0 aliphatic heterocycles. The monoisotopic (exact) mass is 245 g/mol. The van der Waals surface area contributed by atoms with Crippen molar-refractivity contribution < 1.29 is 24.3 Å². The van der Waals surface area contributed by atoms with Gasteiger partial charge in [-0.1, -0.05) is 0 Å². The lowest BCUT2D eigenvalue weighted by Crippen LogP contribution is -2.38. The first-order valence-corrected chi connectivity index (χ1v) is 5.24. The molecule has 4 N–H and O–H groups in total. The maximum Gasteiger partial charge on any atom is 0.338 e. The fourth-order valence-electron chi connectivity index (χ4n) is 1.02. The zero-order valence-corrected chi connectivity index (χ0v) is 9.19. The van der Waals surface area contributed by atoms with E-state index in [1.807, 2.05) is 5.48 Å². The van der Waals surface area contributed by atoms with E-state index in [1.54, 1.807) is 0 Å². The zero-order chi connectivity index (χ0) is 12.7. The number of urea groups is 1. The van der Waals surface area contributed by atoms with Crippen molar-refractivity contribution in [1.82, 2.24) is 16.1 Å². The van der Waals surface area contributed by atoms with Crippen molar-refractivity contribution in [1.29, 1.82) is 0 Å². The molecule has 0 saturated heterocycles. The minimum atomic E-state index is -1.19. The van der Waals surface area contributed by atoms with Gasteiger partial charge in [-0.25, -0.2) is 15.1 Å². The van der Waals surface area contributed by atoms with Gasteiger partial charge in [-0.05, 0) is 12.8 Å². The molecule has 8 heteroatoms. The first-order chi connectivity index (χ1) is 8.08. The van der Waals surface area contributed by atoms with Crippen LogP contribution in [0.15, 0.2) is 0 Å². The molecule has 0 unspecified atom stereocenters. The fraction of sp³-hybridized carbons (Fsp3) is 0.667. The Bertz CT molecular complexity index is 303. The van der Waals surface area contributed by atoms with E-state index in [9.17, 15) is 14.4 Å². The summed E-state index contributed by atoms with van der Waals surface area (Å²) in [5.74, 6) is -1.30. The number of aliphatic carboxylic acids is 1. The number of rotatable bonds is 7. The van der Waals surface area contributed by atoms with Gasteiger partial charge in [0.25, 0.3) is 0 Å². The summed E-state index contributed by atoms with van der Waals surface area (Å²) in [6, 6.07) is -0.374. The lowest BCUT2D eigenvalue weighted by atomic mass is 10.4. The van der Waals surface area contributed by atoms with Gasteiger partial charge in [-0.15, -0.1) is 0 Å². The zero-order valence-electron chi connectivity index (χ0n) is 9.19. The van der Waals surface area contributed by atoms with Crippen molar-refractivity contribution in [3.05, 3.63) is 0 Å². The van der Waals surface area contributed by atoms with E-state index in [0.29, 0.717) is 6.04 Å². The molecule has 17 heavy (non-hydrogen) atoms. The highest BCUT2D eigenvalue weighted by Crippen LogP contribution is 2.18. The molecule has 0 radical (unpaired) electrons. The smallest absolute Gasteiger partial charge is 0.338 e. The second kappa shape index (κ2) is 6.69. The van der Waals surface area contributed by atoms with E-state index >= 15 is 0 Å². The molecule has 0 aromatic heterocycles. The minimum absolute atomic E-state index is 0.112. The number of hydroxylamine groups is 1. The Hall–Kier alpha value is -1.83. The second-order valence-corrected chi connectivity index (χ2v) is 3.63. The standard InChI is InChI=1S/C9H15N3O5/c13-7(11-6-1-2-6)3-4-10-9(16)12-17-5-8(14)15/h6H,1-5H2,(H,11,13)(H,14,15)(H2,10,12,16). The van der Waals surface area contributed by atoms with Gasteiger partial charge in [0.1, 0.15) is 0 Å². The second-order valence-electron chi connectivity index (χ2n) is 3.63. The minimum Gasteiger partial charge on any atom is -0.479 e. The van der Waals surface area contributed by atoms with Crippen molar-refractivity contribution in [2.24, 2.45) is 0 Å². The summed E-state index contributed by atoms with van der Waals surface area (Å²) in [5.41, 5.74) is 1.88. The average molecular weight is 245 g/mol. The van der Waals surface area contributed by atoms with Crippen LogP contribution in [0.25, 0.3) is 0 Å². The van der Waals surface area contributed by atoms with Crippen LogP contribution in [0.3, 0.4) is 0 Å². The molecular weight excluding hydrogens is 230 g/mol. The predicted octanol–water partition coefficient (Wildman–Crippen LogP) is -1.03. The number of amides is 3. The van der Waals surface area contributed by atoms with Crippen molar-refractivity contribution >= 4 is 17.9 Å². The van der Waals surface area contributed by atoms with E-state index in [-0.39, 0.29) is 18.9 Å².